The molecule has 140 valence electrons. The van der Waals surface area contributed by atoms with E-state index in [2.05, 4.69) is 11.1 Å². The summed E-state index contributed by atoms with van der Waals surface area (Å²) in [5.41, 5.74) is 9.48. The zero-order chi connectivity index (χ0) is 20.2. The van der Waals surface area contributed by atoms with Crippen molar-refractivity contribution in [3.63, 3.8) is 0 Å². The topological polar surface area (TPSA) is 89.0 Å². The van der Waals surface area contributed by atoms with Crippen LogP contribution >= 0.6 is 11.3 Å². The molecule has 5 nitrogen and oxygen atoms in total. The predicted molar refractivity (Wildman–Crippen MR) is 113 cm³/mol. The maximum absolute atomic E-state index is 11.3. The van der Waals surface area contributed by atoms with Crippen molar-refractivity contribution in [2.45, 2.75) is 0 Å². The molecule has 0 radical (unpaired) electrons. The molecule has 0 spiro atoms. The highest BCUT2D eigenvalue weighted by Gasteiger charge is 2.10. The van der Waals surface area contributed by atoms with Crippen molar-refractivity contribution in [3.8, 4) is 40.0 Å². The normalized spacial score (nSPS) is 10.3. The number of carbonyl (C=O) groups is 1. The van der Waals surface area contributed by atoms with Crippen molar-refractivity contribution >= 4 is 17.2 Å². The Kier molecular flexibility index (Phi) is 5.06. The monoisotopic (exact) mass is 397 g/mol. The number of aromatic nitrogens is 1. The van der Waals surface area contributed by atoms with Crippen molar-refractivity contribution in [2.75, 3.05) is 0 Å². The van der Waals surface area contributed by atoms with Gasteiger partial charge in [0.1, 0.15) is 17.2 Å². The molecule has 4 rings (SSSR count). The summed E-state index contributed by atoms with van der Waals surface area (Å²) in [6.07, 6.45) is 0. The summed E-state index contributed by atoms with van der Waals surface area (Å²) in [5.74, 6) is 0.763. The molecule has 0 saturated heterocycles. The molecule has 0 atom stereocenters. The average molecular weight is 397 g/mol. The Labute approximate surface area is 171 Å². The Bertz CT molecular complexity index is 1210. The summed E-state index contributed by atoms with van der Waals surface area (Å²) in [4.78, 5) is 15.6. The van der Waals surface area contributed by atoms with Gasteiger partial charge in [-0.1, -0.05) is 6.07 Å². The highest BCUT2D eigenvalue weighted by atomic mass is 32.1. The molecule has 2 heterocycles. The second-order valence-corrected chi connectivity index (χ2v) is 7.01. The van der Waals surface area contributed by atoms with Gasteiger partial charge in [0.2, 0.25) is 0 Å². The molecule has 0 aliphatic rings. The molecule has 2 aromatic heterocycles. The minimum atomic E-state index is -0.562. The molecule has 0 fully saturated rings. The number of benzene rings is 2. The third-order valence-corrected chi connectivity index (χ3v) is 5.00. The standard InChI is InChI=1S/C23H15N3O2S/c24-13-15-4-9-22(19(12-15)17-10-11-29-14-17)28-18-7-5-16(6-8-18)20-2-1-3-21(26-20)23(25)27/h1-12,14H,(H2,25,27). The fourth-order valence-electron chi connectivity index (χ4n) is 2.89. The number of thiophene rings is 1. The number of ether oxygens (including phenoxy) is 1. The van der Waals surface area contributed by atoms with Gasteiger partial charge in [0.25, 0.3) is 5.91 Å². The summed E-state index contributed by atoms with van der Waals surface area (Å²) in [6, 6.07) is 22.1. The highest BCUT2D eigenvalue weighted by Crippen LogP contribution is 2.35. The molecule has 4 aromatic rings. The number of amides is 1. The quantitative estimate of drug-likeness (QED) is 0.499. The van der Waals surface area contributed by atoms with Crippen LogP contribution in [0.5, 0.6) is 11.5 Å². The molecular formula is C23H15N3O2S. The molecule has 29 heavy (non-hydrogen) atoms. The van der Waals surface area contributed by atoms with Crippen molar-refractivity contribution in [3.05, 3.63) is 88.7 Å². The second kappa shape index (κ2) is 7.97. The Morgan fingerprint density at radius 3 is 2.55 bits per heavy atom. The van der Waals surface area contributed by atoms with Gasteiger partial charge in [0.15, 0.2) is 0 Å². The van der Waals surface area contributed by atoms with Crippen LogP contribution in [0.4, 0.5) is 0 Å². The van der Waals surface area contributed by atoms with Gasteiger partial charge in [-0.3, -0.25) is 4.79 Å². The van der Waals surface area contributed by atoms with Gasteiger partial charge in [0, 0.05) is 11.1 Å². The maximum Gasteiger partial charge on any atom is 0.267 e. The fourth-order valence-corrected chi connectivity index (χ4v) is 3.54. The number of nitrogens with two attached hydrogens (primary N) is 1. The van der Waals surface area contributed by atoms with E-state index < -0.39 is 5.91 Å². The zero-order valence-corrected chi connectivity index (χ0v) is 16.0. The summed E-state index contributed by atoms with van der Waals surface area (Å²) >= 11 is 1.59. The average Bonchev–Trinajstić information content (AvgIpc) is 3.29. The number of hydrogen-bond donors (Lipinski definition) is 1. The van der Waals surface area contributed by atoms with Crippen molar-refractivity contribution in [2.24, 2.45) is 5.73 Å². The van der Waals surface area contributed by atoms with Crippen molar-refractivity contribution in [1.29, 1.82) is 5.26 Å². The van der Waals surface area contributed by atoms with E-state index in [0.717, 1.165) is 16.7 Å². The molecular weight excluding hydrogens is 382 g/mol. The molecule has 0 aliphatic heterocycles. The third-order valence-electron chi connectivity index (χ3n) is 4.32. The summed E-state index contributed by atoms with van der Waals surface area (Å²) in [7, 11) is 0. The smallest absolute Gasteiger partial charge is 0.267 e. The lowest BCUT2D eigenvalue weighted by Gasteiger charge is -2.11. The SMILES string of the molecule is N#Cc1ccc(Oc2ccc(-c3cccc(C(N)=O)n3)cc2)c(-c2ccsc2)c1. The number of hydrogen-bond acceptors (Lipinski definition) is 5. The molecule has 2 aromatic carbocycles. The molecule has 6 heteroatoms. The number of pyridine rings is 1. The first-order valence-electron chi connectivity index (χ1n) is 8.76. The lowest BCUT2D eigenvalue weighted by atomic mass is 10.0. The lowest BCUT2D eigenvalue weighted by Crippen LogP contribution is -2.12. The molecule has 0 aliphatic carbocycles. The first kappa shape index (κ1) is 18.4. The third kappa shape index (κ3) is 4.00. The van der Waals surface area contributed by atoms with Gasteiger partial charge >= 0.3 is 0 Å². The number of primary amides is 1. The Morgan fingerprint density at radius 1 is 1.03 bits per heavy atom. The summed E-state index contributed by atoms with van der Waals surface area (Å²) < 4.78 is 6.09. The molecule has 0 saturated carbocycles. The molecule has 0 bridgehead atoms. The van der Waals surface area contributed by atoms with Crippen LogP contribution < -0.4 is 10.5 Å². The van der Waals surface area contributed by atoms with Crippen molar-refractivity contribution < 1.29 is 9.53 Å². The highest BCUT2D eigenvalue weighted by molar-refractivity contribution is 7.08. The minimum absolute atomic E-state index is 0.223. The van der Waals surface area contributed by atoms with E-state index in [-0.39, 0.29) is 5.69 Å². The van der Waals surface area contributed by atoms with E-state index in [9.17, 15) is 10.1 Å². The lowest BCUT2D eigenvalue weighted by molar-refractivity contribution is 0.0995. The van der Waals surface area contributed by atoms with E-state index >= 15 is 0 Å². The van der Waals surface area contributed by atoms with E-state index in [1.807, 2.05) is 53.2 Å². The van der Waals surface area contributed by atoms with Crippen LogP contribution in [0.15, 0.2) is 77.5 Å². The summed E-state index contributed by atoms with van der Waals surface area (Å²) in [6.45, 7) is 0. The van der Waals surface area contributed by atoms with Crippen LogP contribution in [0.25, 0.3) is 22.4 Å². The Hall–Kier alpha value is -3.95. The van der Waals surface area contributed by atoms with Crippen LogP contribution in [0, 0.1) is 11.3 Å². The van der Waals surface area contributed by atoms with Gasteiger partial charge in [-0.25, -0.2) is 4.98 Å². The molecule has 2 N–H and O–H groups in total. The zero-order valence-electron chi connectivity index (χ0n) is 15.2. The Morgan fingerprint density at radius 2 is 1.86 bits per heavy atom. The number of rotatable bonds is 5. The number of carbonyl (C=O) groups excluding carboxylic acids is 1. The van der Waals surface area contributed by atoms with Crippen LogP contribution in [0.2, 0.25) is 0 Å². The van der Waals surface area contributed by atoms with Crippen LogP contribution in [0.1, 0.15) is 16.1 Å². The van der Waals surface area contributed by atoms with Gasteiger partial charge in [-0.05, 0) is 77.0 Å². The van der Waals surface area contributed by atoms with E-state index in [0.29, 0.717) is 22.8 Å². The fraction of sp³-hybridized carbons (Fsp3) is 0. The maximum atomic E-state index is 11.3. The summed E-state index contributed by atoms with van der Waals surface area (Å²) in [5, 5.41) is 13.2. The van der Waals surface area contributed by atoms with Gasteiger partial charge < -0.3 is 10.5 Å². The minimum Gasteiger partial charge on any atom is -0.457 e. The Balaban J connectivity index is 1.62. The first-order valence-corrected chi connectivity index (χ1v) is 9.70. The van der Waals surface area contributed by atoms with E-state index in [1.54, 1.807) is 35.6 Å². The number of nitrogens with zero attached hydrogens (tertiary/aromatic N) is 2. The first-order chi connectivity index (χ1) is 14.1. The van der Waals surface area contributed by atoms with Crippen molar-refractivity contribution in [1.82, 2.24) is 4.98 Å². The number of nitriles is 1. The second-order valence-electron chi connectivity index (χ2n) is 6.23. The predicted octanol–water partition coefficient (Wildman–Crippen LogP) is 5.24. The molecule has 0 unspecified atom stereocenters. The van der Waals surface area contributed by atoms with Crippen LogP contribution in [-0.2, 0) is 0 Å². The molecule has 1 amide bonds. The van der Waals surface area contributed by atoms with Crippen LogP contribution in [0.3, 0.4) is 0 Å². The largest absolute Gasteiger partial charge is 0.457 e. The van der Waals surface area contributed by atoms with Crippen LogP contribution in [-0.4, -0.2) is 10.9 Å². The van der Waals surface area contributed by atoms with E-state index in [4.69, 9.17) is 10.5 Å². The van der Waals surface area contributed by atoms with E-state index in [1.165, 1.54) is 0 Å². The van der Waals surface area contributed by atoms with Gasteiger partial charge in [0.05, 0.1) is 17.3 Å². The van der Waals surface area contributed by atoms with Gasteiger partial charge in [-0.15, -0.1) is 0 Å². The van der Waals surface area contributed by atoms with Gasteiger partial charge in [-0.2, -0.15) is 16.6 Å².